The van der Waals surface area contributed by atoms with Crippen molar-refractivity contribution < 1.29 is 10.2 Å². The zero-order valence-corrected chi connectivity index (χ0v) is 17.8. The maximum Gasteiger partial charge on any atom is 0.0839 e. The van der Waals surface area contributed by atoms with Gasteiger partial charge in [0.1, 0.15) is 0 Å². The lowest BCUT2D eigenvalue weighted by Gasteiger charge is -2.28. The molecule has 3 heteroatoms. The maximum atomic E-state index is 9.88. The van der Waals surface area contributed by atoms with E-state index in [0.717, 1.165) is 17.5 Å². The van der Waals surface area contributed by atoms with Crippen molar-refractivity contribution in [3.8, 4) is 0 Å². The van der Waals surface area contributed by atoms with Gasteiger partial charge in [0.15, 0.2) is 0 Å². The summed E-state index contributed by atoms with van der Waals surface area (Å²) in [6.45, 7) is 2.51. The van der Waals surface area contributed by atoms with E-state index in [2.05, 4.69) is 36.5 Å². The minimum Gasteiger partial charge on any atom is -0.394 e. The monoisotopic (exact) mass is 395 g/mol. The van der Waals surface area contributed by atoms with Crippen LogP contribution in [0.1, 0.15) is 62.1 Å². The first-order valence-corrected chi connectivity index (χ1v) is 11.0. The third kappa shape index (κ3) is 8.53. The lowest BCUT2D eigenvalue weighted by atomic mass is 9.98. The summed E-state index contributed by atoms with van der Waals surface area (Å²) < 4.78 is 0. The van der Waals surface area contributed by atoms with E-state index in [9.17, 15) is 10.2 Å². The van der Waals surface area contributed by atoms with Crippen molar-refractivity contribution in [1.82, 2.24) is 5.32 Å². The number of hydrogen-bond donors (Lipinski definition) is 3. The smallest absolute Gasteiger partial charge is 0.0839 e. The molecule has 0 aromatic heterocycles. The molecule has 0 atom stereocenters. The summed E-state index contributed by atoms with van der Waals surface area (Å²) in [5, 5.41) is 23.0. The first-order valence-electron chi connectivity index (χ1n) is 11.0. The summed E-state index contributed by atoms with van der Waals surface area (Å²) in [7, 11) is 0. The van der Waals surface area contributed by atoms with Gasteiger partial charge in [-0.15, -0.1) is 0 Å². The Balaban J connectivity index is 1.86. The van der Waals surface area contributed by atoms with Gasteiger partial charge in [0.25, 0.3) is 0 Å². The van der Waals surface area contributed by atoms with Crippen LogP contribution in [0, 0.1) is 0 Å². The molecule has 0 amide bonds. The highest BCUT2D eigenvalue weighted by atomic mass is 16.3. The standard InChI is InChI=1S/C26H37NO2/c1-2-3-4-5-6-8-11-23-14-16-24(17-15-23)18-19-26(21-28,22-29)27-20-25-12-9-7-10-13-25/h7,9-10,12-19,27-29H,2-6,8,11,20-22H2,1H3/b19-18+. The van der Waals surface area contributed by atoms with Gasteiger partial charge in [0.2, 0.25) is 0 Å². The predicted molar refractivity (Wildman–Crippen MR) is 123 cm³/mol. The van der Waals surface area contributed by atoms with Crippen LogP contribution in [0.4, 0.5) is 0 Å². The highest BCUT2D eigenvalue weighted by molar-refractivity contribution is 5.51. The van der Waals surface area contributed by atoms with E-state index in [1.807, 2.05) is 42.5 Å². The number of aliphatic hydroxyl groups excluding tert-OH is 2. The predicted octanol–water partition coefficient (Wildman–Crippen LogP) is 5.12. The molecule has 0 aliphatic heterocycles. The molecule has 0 spiro atoms. The van der Waals surface area contributed by atoms with Crippen molar-refractivity contribution in [2.45, 2.75) is 64.0 Å². The number of rotatable bonds is 14. The van der Waals surface area contributed by atoms with Crippen LogP contribution in [0.5, 0.6) is 0 Å². The van der Waals surface area contributed by atoms with Crippen molar-refractivity contribution in [3.05, 3.63) is 77.4 Å². The number of aliphatic hydroxyl groups is 2. The molecule has 2 rings (SSSR count). The lowest BCUT2D eigenvalue weighted by molar-refractivity contribution is 0.123. The number of aryl methyl sites for hydroxylation is 1. The third-order valence-electron chi connectivity index (χ3n) is 5.45. The summed E-state index contributed by atoms with van der Waals surface area (Å²) in [5.41, 5.74) is 2.72. The second-order valence-electron chi connectivity index (χ2n) is 7.90. The lowest BCUT2D eigenvalue weighted by Crippen LogP contribution is -2.49. The molecule has 0 radical (unpaired) electrons. The van der Waals surface area contributed by atoms with Gasteiger partial charge in [0, 0.05) is 6.54 Å². The van der Waals surface area contributed by atoms with Crippen LogP contribution in [0.2, 0.25) is 0 Å². The molecule has 0 aliphatic carbocycles. The van der Waals surface area contributed by atoms with Crippen LogP contribution in [0.15, 0.2) is 60.7 Å². The number of unbranched alkanes of at least 4 members (excludes halogenated alkanes) is 5. The summed E-state index contributed by atoms with van der Waals surface area (Å²) in [4.78, 5) is 0. The zero-order chi connectivity index (χ0) is 20.8. The van der Waals surface area contributed by atoms with Gasteiger partial charge in [-0.25, -0.2) is 0 Å². The Bertz CT molecular complexity index is 690. The summed E-state index contributed by atoms with van der Waals surface area (Å²) in [6.07, 6.45) is 12.9. The number of hydrogen-bond acceptors (Lipinski definition) is 3. The minimum atomic E-state index is -0.840. The van der Waals surface area contributed by atoms with E-state index in [-0.39, 0.29) is 13.2 Å². The molecule has 0 saturated carbocycles. The zero-order valence-electron chi connectivity index (χ0n) is 17.8. The van der Waals surface area contributed by atoms with Gasteiger partial charge >= 0.3 is 0 Å². The maximum absolute atomic E-state index is 9.88. The topological polar surface area (TPSA) is 52.5 Å². The molecule has 0 fully saturated rings. The minimum absolute atomic E-state index is 0.164. The molecular weight excluding hydrogens is 358 g/mol. The van der Waals surface area contributed by atoms with E-state index >= 15 is 0 Å². The fourth-order valence-corrected chi connectivity index (χ4v) is 3.36. The average Bonchev–Trinajstić information content (AvgIpc) is 2.78. The Kier molecular flexibility index (Phi) is 10.7. The van der Waals surface area contributed by atoms with Gasteiger partial charge in [0.05, 0.1) is 18.8 Å². The van der Waals surface area contributed by atoms with Gasteiger partial charge in [-0.2, -0.15) is 0 Å². The molecule has 0 aliphatic rings. The summed E-state index contributed by atoms with van der Waals surface area (Å²) in [5.74, 6) is 0. The largest absolute Gasteiger partial charge is 0.394 e. The van der Waals surface area contributed by atoms with Gasteiger partial charge in [-0.3, -0.25) is 5.32 Å². The molecule has 29 heavy (non-hydrogen) atoms. The van der Waals surface area contributed by atoms with E-state index in [1.54, 1.807) is 0 Å². The molecule has 0 bridgehead atoms. The third-order valence-corrected chi connectivity index (χ3v) is 5.45. The molecule has 2 aromatic rings. The van der Waals surface area contributed by atoms with E-state index in [1.165, 1.54) is 44.1 Å². The van der Waals surface area contributed by atoms with Crippen LogP contribution >= 0.6 is 0 Å². The van der Waals surface area contributed by atoms with Crippen molar-refractivity contribution in [1.29, 1.82) is 0 Å². The Morgan fingerprint density at radius 2 is 1.45 bits per heavy atom. The molecule has 0 heterocycles. The molecule has 158 valence electrons. The van der Waals surface area contributed by atoms with E-state index in [4.69, 9.17) is 0 Å². The Morgan fingerprint density at radius 1 is 0.793 bits per heavy atom. The Hall–Kier alpha value is -1.94. The summed E-state index contributed by atoms with van der Waals surface area (Å²) >= 11 is 0. The van der Waals surface area contributed by atoms with Gasteiger partial charge in [-0.1, -0.05) is 106 Å². The fourth-order valence-electron chi connectivity index (χ4n) is 3.36. The SMILES string of the molecule is CCCCCCCCc1ccc(/C=C/C(CO)(CO)NCc2ccccc2)cc1. The van der Waals surface area contributed by atoms with Crippen molar-refractivity contribution in [2.75, 3.05) is 13.2 Å². The highest BCUT2D eigenvalue weighted by Crippen LogP contribution is 2.15. The molecule has 2 aromatic carbocycles. The molecular formula is C26H37NO2. The number of nitrogens with one attached hydrogen (secondary N) is 1. The first kappa shape index (κ1) is 23.3. The quantitative estimate of drug-likeness (QED) is 0.389. The highest BCUT2D eigenvalue weighted by Gasteiger charge is 2.24. The van der Waals surface area contributed by atoms with Crippen molar-refractivity contribution in [3.63, 3.8) is 0 Å². The average molecular weight is 396 g/mol. The normalized spacial score (nSPS) is 12.0. The van der Waals surface area contributed by atoms with E-state index in [0.29, 0.717) is 6.54 Å². The second kappa shape index (κ2) is 13.3. The van der Waals surface area contributed by atoms with Crippen molar-refractivity contribution in [2.24, 2.45) is 0 Å². The van der Waals surface area contributed by atoms with Crippen molar-refractivity contribution >= 4 is 6.08 Å². The van der Waals surface area contributed by atoms with Gasteiger partial charge < -0.3 is 10.2 Å². The Morgan fingerprint density at radius 3 is 2.10 bits per heavy atom. The van der Waals surface area contributed by atoms with E-state index < -0.39 is 5.54 Å². The second-order valence-corrected chi connectivity index (χ2v) is 7.90. The molecule has 3 N–H and O–H groups in total. The fraction of sp³-hybridized carbons (Fsp3) is 0.462. The van der Waals surface area contributed by atoms with Crippen LogP contribution in [0.25, 0.3) is 6.08 Å². The number of benzene rings is 2. The Labute approximate surface area is 176 Å². The molecule has 3 nitrogen and oxygen atoms in total. The first-order chi connectivity index (χ1) is 14.2. The molecule has 0 saturated heterocycles. The van der Waals surface area contributed by atoms with Crippen LogP contribution in [0.3, 0.4) is 0 Å². The van der Waals surface area contributed by atoms with Gasteiger partial charge in [-0.05, 0) is 29.5 Å². The molecule has 0 unspecified atom stereocenters. The van der Waals surface area contributed by atoms with Crippen LogP contribution in [-0.4, -0.2) is 29.0 Å². The van der Waals surface area contributed by atoms with Crippen LogP contribution < -0.4 is 5.32 Å². The van der Waals surface area contributed by atoms with Crippen LogP contribution in [-0.2, 0) is 13.0 Å². The summed E-state index contributed by atoms with van der Waals surface area (Å²) in [6, 6.07) is 18.6.